The molecule has 0 amide bonds. The van der Waals surface area contributed by atoms with Crippen molar-refractivity contribution in [1.29, 1.82) is 0 Å². The summed E-state index contributed by atoms with van der Waals surface area (Å²) in [7, 11) is -5.01. The molecule has 0 saturated heterocycles. The van der Waals surface area contributed by atoms with E-state index in [4.69, 9.17) is 14.9 Å². The lowest BCUT2D eigenvalue weighted by atomic mass is 9.85. The molecule has 0 radical (unpaired) electrons. The lowest BCUT2D eigenvalue weighted by Gasteiger charge is -2.41. The number of phosphoric ester groups is 1. The summed E-state index contributed by atoms with van der Waals surface area (Å²) < 4.78 is 14.5. The average Bonchev–Trinajstić information content (AvgIpc) is 2.17. The van der Waals surface area contributed by atoms with Crippen molar-refractivity contribution in [3.63, 3.8) is 0 Å². The van der Waals surface area contributed by atoms with Crippen molar-refractivity contribution in [3.05, 3.63) is 0 Å². The molecule has 1 aliphatic carbocycles. The minimum absolute atomic E-state index is 0. The summed E-state index contributed by atoms with van der Waals surface area (Å²) in [6.45, 7) is 0. The second kappa shape index (κ2) is 6.84. The second-order valence-electron chi connectivity index (χ2n) is 3.51. The summed E-state index contributed by atoms with van der Waals surface area (Å²) >= 11 is 0. The van der Waals surface area contributed by atoms with E-state index in [1.165, 1.54) is 0 Å². The van der Waals surface area contributed by atoms with E-state index in [1.807, 2.05) is 0 Å². The van der Waals surface area contributed by atoms with E-state index in [0.29, 0.717) is 0 Å². The highest BCUT2D eigenvalue weighted by Gasteiger charge is 2.50. The monoisotopic (exact) mass is 294 g/mol. The molecule has 0 unspecified atom stereocenters. The predicted octanol–water partition coefficient (Wildman–Crippen LogP) is -3.39. The smallest absolute Gasteiger partial charge is 0.387 e. The molecule has 1 rings (SSSR count). The van der Waals surface area contributed by atoms with Crippen LogP contribution in [0, 0.1) is 0 Å². The van der Waals surface area contributed by atoms with E-state index in [2.05, 4.69) is 4.52 Å². The largest absolute Gasteiger partial charge is 0.470 e. The van der Waals surface area contributed by atoms with Crippen molar-refractivity contribution in [3.8, 4) is 0 Å². The number of hydrogen-bond donors (Lipinski definition) is 9. The number of aliphatic hydroxyl groups is 5. The minimum Gasteiger partial charge on any atom is -0.387 e. The van der Waals surface area contributed by atoms with Gasteiger partial charge >= 0.3 is 7.82 Å². The lowest BCUT2D eigenvalue weighted by Crippen LogP contribution is -2.64. The average molecular weight is 294 g/mol. The SMILES string of the molecule is N.N.O=P(O)(O)O[C@@H]1[C@@H](O)[C@H](O)[C@@H](O)[C@H](O)[C@@H]1O. The van der Waals surface area contributed by atoms with Crippen molar-refractivity contribution in [2.24, 2.45) is 0 Å². The molecule has 6 atom stereocenters. The van der Waals surface area contributed by atoms with Crippen LogP contribution in [0.15, 0.2) is 0 Å². The van der Waals surface area contributed by atoms with Crippen LogP contribution >= 0.6 is 7.82 Å². The molecule has 0 spiro atoms. The quantitative estimate of drug-likeness (QED) is 0.227. The molecule has 1 saturated carbocycles. The Morgan fingerprint density at radius 2 is 1.00 bits per heavy atom. The zero-order chi connectivity index (χ0) is 12.7. The van der Waals surface area contributed by atoms with Gasteiger partial charge in [-0.3, -0.25) is 4.52 Å². The molecule has 0 bridgehead atoms. The molecular weight excluding hydrogens is 275 g/mol. The summed E-state index contributed by atoms with van der Waals surface area (Å²) in [5.41, 5.74) is 0. The molecule has 11 nitrogen and oxygen atoms in total. The molecule has 0 aromatic heterocycles. The van der Waals surface area contributed by atoms with Crippen molar-refractivity contribution in [2.75, 3.05) is 0 Å². The third-order valence-corrected chi connectivity index (χ3v) is 2.85. The third kappa shape index (κ3) is 4.19. The maximum Gasteiger partial charge on any atom is 0.470 e. The Hall–Kier alpha value is -0.170. The molecule has 0 aromatic rings. The fourth-order valence-electron chi connectivity index (χ4n) is 1.48. The highest BCUT2D eigenvalue weighted by molar-refractivity contribution is 7.46. The fourth-order valence-corrected chi connectivity index (χ4v) is 2.05. The zero-order valence-electron chi connectivity index (χ0n) is 9.27. The van der Waals surface area contributed by atoms with Gasteiger partial charge in [-0.1, -0.05) is 0 Å². The first-order chi connectivity index (χ1) is 7.15. The first-order valence-corrected chi connectivity index (χ1v) is 5.82. The molecule has 12 heteroatoms. The first-order valence-electron chi connectivity index (χ1n) is 4.29. The Morgan fingerprint density at radius 3 is 1.28 bits per heavy atom. The molecule has 0 heterocycles. The van der Waals surface area contributed by atoms with E-state index in [1.54, 1.807) is 0 Å². The van der Waals surface area contributed by atoms with E-state index in [9.17, 15) is 25.0 Å². The molecular formula is C6H19N2O9P. The van der Waals surface area contributed by atoms with Gasteiger partial charge in [-0.05, 0) is 0 Å². The van der Waals surface area contributed by atoms with Crippen LogP contribution in [0.3, 0.4) is 0 Å². The van der Waals surface area contributed by atoms with E-state index in [0.717, 1.165) is 0 Å². The highest BCUT2D eigenvalue weighted by atomic mass is 31.2. The highest BCUT2D eigenvalue weighted by Crippen LogP contribution is 2.41. The summed E-state index contributed by atoms with van der Waals surface area (Å²) in [6, 6.07) is 0. The molecule has 1 fully saturated rings. The van der Waals surface area contributed by atoms with Gasteiger partial charge in [0.05, 0.1) is 0 Å². The van der Waals surface area contributed by atoms with Gasteiger partial charge < -0.3 is 47.6 Å². The van der Waals surface area contributed by atoms with Crippen LogP contribution in [0.1, 0.15) is 0 Å². The Kier molecular flexibility index (Phi) is 7.66. The van der Waals surface area contributed by atoms with Crippen molar-refractivity contribution < 1.29 is 44.4 Å². The Labute approximate surface area is 102 Å². The van der Waals surface area contributed by atoms with E-state index in [-0.39, 0.29) is 12.3 Å². The molecule has 1 aliphatic rings. The summed E-state index contributed by atoms with van der Waals surface area (Å²) in [5, 5.41) is 46.1. The number of rotatable bonds is 2. The molecule has 0 aliphatic heterocycles. The van der Waals surface area contributed by atoms with Crippen molar-refractivity contribution in [2.45, 2.75) is 36.6 Å². The summed E-state index contributed by atoms with van der Waals surface area (Å²) in [4.78, 5) is 17.0. The fraction of sp³-hybridized carbons (Fsp3) is 1.00. The van der Waals surface area contributed by atoms with Gasteiger partial charge in [0.1, 0.15) is 36.6 Å². The van der Waals surface area contributed by atoms with Gasteiger partial charge in [-0.25, -0.2) is 4.57 Å². The van der Waals surface area contributed by atoms with Gasteiger partial charge in [0, 0.05) is 0 Å². The normalized spacial score (nSPS) is 40.6. The molecule has 0 aromatic carbocycles. The standard InChI is InChI=1S/C6H13O9P.2H3N/c7-1-2(8)4(10)6(5(11)3(1)9)15-16(12,13)14;;/h1-11H,(H2,12,13,14);2*1H3/t1-,2-,3+,4-,5-,6-;;/m0../s1. The van der Waals surface area contributed by atoms with Gasteiger partial charge in [0.15, 0.2) is 0 Å². The summed E-state index contributed by atoms with van der Waals surface area (Å²) in [5.74, 6) is 0. The van der Waals surface area contributed by atoms with Gasteiger partial charge in [-0.15, -0.1) is 0 Å². The number of aliphatic hydroxyl groups excluding tert-OH is 5. The topological polar surface area (TPSA) is 238 Å². The Balaban J connectivity index is 0. The first kappa shape index (κ1) is 20.2. The van der Waals surface area contributed by atoms with Crippen LogP contribution in [0.2, 0.25) is 0 Å². The van der Waals surface area contributed by atoms with Crippen LogP contribution in [-0.2, 0) is 9.09 Å². The molecule has 112 valence electrons. The Morgan fingerprint density at radius 1 is 0.722 bits per heavy atom. The third-order valence-electron chi connectivity index (χ3n) is 2.33. The number of phosphoric acid groups is 1. The van der Waals surface area contributed by atoms with Crippen molar-refractivity contribution >= 4 is 7.82 Å². The number of hydrogen-bond acceptors (Lipinski definition) is 9. The van der Waals surface area contributed by atoms with E-state index < -0.39 is 44.4 Å². The van der Waals surface area contributed by atoms with Crippen molar-refractivity contribution in [1.82, 2.24) is 12.3 Å². The Bertz CT molecular complexity index is 283. The van der Waals surface area contributed by atoms with Crippen LogP contribution in [-0.4, -0.2) is 71.9 Å². The maximum absolute atomic E-state index is 10.5. The van der Waals surface area contributed by atoms with Gasteiger partial charge in [-0.2, -0.15) is 0 Å². The van der Waals surface area contributed by atoms with Gasteiger partial charge in [0.2, 0.25) is 0 Å². The van der Waals surface area contributed by atoms with Crippen LogP contribution in [0.4, 0.5) is 0 Å². The second-order valence-corrected chi connectivity index (χ2v) is 4.71. The van der Waals surface area contributed by atoms with Crippen LogP contribution < -0.4 is 12.3 Å². The molecule has 13 N–H and O–H groups in total. The lowest BCUT2D eigenvalue weighted by molar-refractivity contribution is -0.219. The maximum atomic E-state index is 10.5. The summed E-state index contributed by atoms with van der Waals surface area (Å²) in [6.07, 6.45) is -11.3. The minimum atomic E-state index is -5.01. The zero-order valence-corrected chi connectivity index (χ0v) is 10.2. The van der Waals surface area contributed by atoms with E-state index >= 15 is 0 Å². The van der Waals surface area contributed by atoms with Crippen LogP contribution in [0.5, 0.6) is 0 Å². The van der Waals surface area contributed by atoms with Crippen LogP contribution in [0.25, 0.3) is 0 Å². The molecule has 18 heavy (non-hydrogen) atoms. The predicted molar refractivity (Wildman–Crippen MR) is 57.0 cm³/mol. The van der Waals surface area contributed by atoms with Gasteiger partial charge in [0.25, 0.3) is 0 Å².